The molecule has 59 valence electrons. The van der Waals surface area contributed by atoms with E-state index in [2.05, 4.69) is 12.3 Å². The van der Waals surface area contributed by atoms with Gasteiger partial charge in [-0.05, 0) is 37.2 Å². The van der Waals surface area contributed by atoms with Gasteiger partial charge in [-0.25, -0.2) is 0 Å². The highest BCUT2D eigenvalue weighted by Gasteiger charge is 2.00. The Hall–Kier alpha value is -0.840. The molecule has 1 aliphatic carbocycles. The number of halogens is 2. The molecule has 0 aromatic carbocycles. The minimum atomic E-state index is -2.50. The Labute approximate surface area is 65.3 Å². The lowest BCUT2D eigenvalue weighted by molar-refractivity contribution is 0.215. The molecule has 11 heavy (non-hydrogen) atoms. The average molecular weight is 155 g/mol. The maximum absolute atomic E-state index is 11.6. The summed E-state index contributed by atoms with van der Waals surface area (Å²) in [6.07, 6.45) is 4.17. The summed E-state index contributed by atoms with van der Waals surface area (Å²) in [7, 11) is 0. The number of hydrogen-bond acceptors (Lipinski definition) is 0. The predicted octanol–water partition coefficient (Wildman–Crippen LogP) is 2.57. The number of allylic oxidation sites excluding steroid dienone is 2. The third kappa shape index (κ3) is 3.18. The van der Waals surface area contributed by atoms with Gasteiger partial charge in [0, 0.05) is 0 Å². The second kappa shape index (κ2) is 4.12. The molecular weight excluding hydrogens is 146 g/mol. The highest BCUT2D eigenvalue weighted by Crippen LogP contribution is 2.15. The smallest absolute Gasteiger partial charge is 0.196 e. The molecule has 0 saturated heterocycles. The Bertz CT molecular complexity index is 205. The van der Waals surface area contributed by atoms with E-state index in [4.69, 9.17) is 0 Å². The van der Waals surface area contributed by atoms with Gasteiger partial charge in [0.15, 0.2) is 0 Å². The summed E-state index contributed by atoms with van der Waals surface area (Å²) in [6.45, 7) is 0. The summed E-state index contributed by atoms with van der Waals surface area (Å²) in [4.78, 5) is 0. The average Bonchev–Trinajstić information content (AvgIpc) is 2.03. The van der Waals surface area contributed by atoms with Crippen LogP contribution in [0.25, 0.3) is 0 Å². The highest BCUT2D eigenvalue weighted by atomic mass is 19.3. The van der Waals surface area contributed by atoms with Gasteiger partial charge in [-0.2, -0.15) is 8.78 Å². The van der Waals surface area contributed by atoms with Crippen LogP contribution in [0.3, 0.4) is 0 Å². The van der Waals surface area contributed by atoms with Crippen LogP contribution < -0.4 is 0 Å². The molecule has 0 aromatic rings. The van der Waals surface area contributed by atoms with Crippen LogP contribution in [0, 0.1) is 18.3 Å². The molecule has 0 aromatic heterocycles. The van der Waals surface area contributed by atoms with E-state index in [1.807, 2.05) is 12.0 Å². The van der Waals surface area contributed by atoms with E-state index >= 15 is 0 Å². The second-order valence-electron chi connectivity index (χ2n) is 2.36. The Balaban J connectivity index is 2.49. The van der Waals surface area contributed by atoms with Gasteiger partial charge in [-0.15, -0.1) is 0 Å². The molecule has 1 radical (unpaired) electrons. The predicted molar refractivity (Wildman–Crippen MR) is 40.0 cm³/mol. The van der Waals surface area contributed by atoms with E-state index in [0.717, 1.165) is 24.8 Å². The van der Waals surface area contributed by atoms with Crippen molar-refractivity contribution in [3.63, 3.8) is 0 Å². The molecule has 0 N–H and O–H groups in total. The molecule has 0 atom stereocenters. The van der Waals surface area contributed by atoms with Crippen molar-refractivity contribution < 1.29 is 8.78 Å². The highest BCUT2D eigenvalue weighted by molar-refractivity contribution is 5.31. The van der Waals surface area contributed by atoms with Crippen molar-refractivity contribution >= 4 is 0 Å². The molecular formula is C9H9F2. The van der Waals surface area contributed by atoms with E-state index in [1.165, 1.54) is 0 Å². The van der Waals surface area contributed by atoms with Crippen LogP contribution in [-0.4, -0.2) is 6.43 Å². The topological polar surface area (TPSA) is 0 Å². The first-order valence-electron chi connectivity index (χ1n) is 3.59. The zero-order valence-corrected chi connectivity index (χ0v) is 6.11. The van der Waals surface area contributed by atoms with Crippen LogP contribution in [0.5, 0.6) is 0 Å². The van der Waals surface area contributed by atoms with Crippen molar-refractivity contribution in [2.24, 2.45) is 0 Å². The van der Waals surface area contributed by atoms with Crippen LogP contribution >= 0.6 is 0 Å². The molecule has 0 spiro atoms. The van der Waals surface area contributed by atoms with Crippen LogP contribution in [-0.2, 0) is 0 Å². The normalized spacial score (nSPS) is 17.2. The van der Waals surface area contributed by atoms with Crippen molar-refractivity contribution in [2.75, 3.05) is 0 Å². The summed E-state index contributed by atoms with van der Waals surface area (Å²) in [5.41, 5.74) is 0.854. The molecule has 2 heteroatoms. The fourth-order valence-electron chi connectivity index (χ4n) is 0.964. The lowest BCUT2D eigenvalue weighted by Gasteiger charge is -2.04. The third-order valence-electron chi connectivity index (χ3n) is 1.49. The summed E-state index contributed by atoms with van der Waals surface area (Å²) in [6, 6.07) is 0. The van der Waals surface area contributed by atoms with Gasteiger partial charge in [0.25, 0.3) is 6.43 Å². The van der Waals surface area contributed by atoms with E-state index in [0.29, 0.717) is 0 Å². The monoisotopic (exact) mass is 155 g/mol. The quantitative estimate of drug-likeness (QED) is 0.471. The van der Waals surface area contributed by atoms with E-state index in [9.17, 15) is 8.78 Å². The lowest BCUT2D eigenvalue weighted by atomic mass is 10.0. The molecule has 0 saturated carbocycles. The van der Waals surface area contributed by atoms with Crippen molar-refractivity contribution in [3.8, 4) is 11.8 Å². The Morgan fingerprint density at radius 2 is 2.27 bits per heavy atom. The first-order chi connectivity index (χ1) is 5.29. The van der Waals surface area contributed by atoms with E-state index < -0.39 is 6.43 Å². The van der Waals surface area contributed by atoms with Gasteiger partial charge in [0.05, 0.1) is 0 Å². The summed E-state index contributed by atoms with van der Waals surface area (Å²) in [5, 5.41) is 0. The second-order valence-corrected chi connectivity index (χ2v) is 2.36. The van der Waals surface area contributed by atoms with Gasteiger partial charge >= 0.3 is 0 Å². The van der Waals surface area contributed by atoms with Gasteiger partial charge < -0.3 is 0 Å². The molecule has 0 heterocycles. The van der Waals surface area contributed by atoms with Crippen molar-refractivity contribution in [2.45, 2.75) is 25.7 Å². The number of rotatable bonds is 0. The van der Waals surface area contributed by atoms with Gasteiger partial charge in [-0.3, -0.25) is 0 Å². The zero-order chi connectivity index (χ0) is 8.10. The fourth-order valence-corrected chi connectivity index (χ4v) is 0.964. The van der Waals surface area contributed by atoms with Gasteiger partial charge in [0.1, 0.15) is 0 Å². The molecule has 1 rings (SSSR count). The molecule has 0 bridgehead atoms. The maximum Gasteiger partial charge on any atom is 0.299 e. The minimum Gasteiger partial charge on any atom is -0.196 e. The Morgan fingerprint density at radius 3 is 2.82 bits per heavy atom. The lowest BCUT2D eigenvalue weighted by Crippen LogP contribution is -1.90. The Morgan fingerprint density at radius 1 is 1.45 bits per heavy atom. The summed E-state index contributed by atoms with van der Waals surface area (Å²) < 4.78 is 23.2. The summed E-state index contributed by atoms with van der Waals surface area (Å²) in [5.74, 6) is 4.31. The SMILES string of the molecule is FC(F)C#CC1=CC[CH]CC1. The van der Waals surface area contributed by atoms with Crippen molar-refractivity contribution in [1.29, 1.82) is 0 Å². The van der Waals surface area contributed by atoms with Crippen LogP contribution in [0.4, 0.5) is 8.78 Å². The molecule has 1 aliphatic rings. The first kappa shape index (κ1) is 8.26. The maximum atomic E-state index is 11.6. The van der Waals surface area contributed by atoms with Crippen molar-refractivity contribution in [3.05, 3.63) is 18.1 Å². The van der Waals surface area contributed by atoms with E-state index in [1.54, 1.807) is 0 Å². The van der Waals surface area contributed by atoms with Crippen LogP contribution in [0.2, 0.25) is 0 Å². The Kier molecular flexibility index (Phi) is 3.10. The molecule has 0 nitrogen and oxygen atoms in total. The fraction of sp³-hybridized carbons (Fsp3) is 0.444. The molecule has 0 aliphatic heterocycles. The van der Waals surface area contributed by atoms with E-state index in [-0.39, 0.29) is 0 Å². The largest absolute Gasteiger partial charge is 0.299 e. The molecule has 0 fully saturated rings. The third-order valence-corrected chi connectivity index (χ3v) is 1.49. The van der Waals surface area contributed by atoms with Crippen LogP contribution in [0.1, 0.15) is 19.3 Å². The number of hydrogen-bond donors (Lipinski definition) is 0. The zero-order valence-electron chi connectivity index (χ0n) is 6.11. The van der Waals surface area contributed by atoms with Crippen molar-refractivity contribution in [1.82, 2.24) is 0 Å². The molecule has 0 amide bonds. The van der Waals surface area contributed by atoms with Gasteiger partial charge in [-0.1, -0.05) is 12.0 Å². The minimum absolute atomic E-state index is 0.819. The van der Waals surface area contributed by atoms with Crippen LogP contribution in [0.15, 0.2) is 11.6 Å². The molecule has 0 unspecified atom stereocenters. The summed E-state index contributed by atoms with van der Waals surface area (Å²) >= 11 is 0. The van der Waals surface area contributed by atoms with Gasteiger partial charge in [0.2, 0.25) is 0 Å². The number of alkyl halides is 2. The standard InChI is InChI=1S/C9H9F2/c10-9(11)7-6-8-4-2-1-3-5-8/h1,4,9H,2-3,5H2. The first-order valence-corrected chi connectivity index (χ1v) is 3.59.